The zero-order valence-electron chi connectivity index (χ0n) is 6.82. The standard InChI is InChI=1S/C9H8O2/c10-6-9(7-11)8-4-2-1-3-5-8/h1-7,10H/b9-6-/i7D. The van der Waals surface area contributed by atoms with Crippen molar-refractivity contribution in [2.45, 2.75) is 0 Å². The molecule has 0 amide bonds. The van der Waals surface area contributed by atoms with Crippen LogP contribution in [-0.4, -0.2) is 11.4 Å². The van der Waals surface area contributed by atoms with E-state index in [9.17, 15) is 4.79 Å². The van der Waals surface area contributed by atoms with Gasteiger partial charge in [-0.3, -0.25) is 4.79 Å². The van der Waals surface area contributed by atoms with Gasteiger partial charge in [-0.05, 0) is 5.56 Å². The number of allylic oxidation sites excluding steroid dienone is 1. The number of hydrogen-bond acceptors (Lipinski definition) is 2. The van der Waals surface area contributed by atoms with Crippen LogP contribution in [0.2, 0.25) is 0 Å². The normalized spacial score (nSPS) is 12.4. The lowest BCUT2D eigenvalue weighted by molar-refractivity contribution is -0.103. The molecule has 0 saturated carbocycles. The second-order valence-corrected chi connectivity index (χ2v) is 2.01. The first-order valence-corrected chi connectivity index (χ1v) is 3.16. The Bertz CT molecular complexity index is 304. The highest BCUT2D eigenvalue weighted by atomic mass is 16.2. The molecule has 0 unspecified atom stereocenters. The van der Waals surface area contributed by atoms with E-state index in [2.05, 4.69) is 0 Å². The number of hydrogen-bond donors (Lipinski definition) is 1. The van der Waals surface area contributed by atoms with Crippen LogP contribution in [0.3, 0.4) is 0 Å². The van der Waals surface area contributed by atoms with Crippen molar-refractivity contribution in [3.8, 4) is 0 Å². The molecule has 2 nitrogen and oxygen atoms in total. The molecule has 0 spiro atoms. The minimum absolute atomic E-state index is 0.00981. The summed E-state index contributed by atoms with van der Waals surface area (Å²) in [5.74, 6) is 0. The molecule has 0 radical (unpaired) electrons. The SMILES string of the molecule is [2H]C(=O)/C(=C/O)c1ccccc1. The van der Waals surface area contributed by atoms with Crippen LogP contribution in [-0.2, 0) is 4.79 Å². The molecule has 0 atom stereocenters. The lowest BCUT2D eigenvalue weighted by Crippen LogP contribution is -1.83. The fraction of sp³-hybridized carbons (Fsp3) is 0. The summed E-state index contributed by atoms with van der Waals surface area (Å²) in [7, 11) is 0. The molecule has 0 fully saturated rings. The molecule has 1 rings (SSSR count). The molecule has 2 heteroatoms. The van der Waals surface area contributed by atoms with Gasteiger partial charge in [0.15, 0.2) is 6.26 Å². The van der Waals surface area contributed by atoms with Crippen LogP contribution in [0.5, 0.6) is 0 Å². The second-order valence-electron chi connectivity index (χ2n) is 2.01. The summed E-state index contributed by atoms with van der Waals surface area (Å²) in [5, 5.41) is 8.65. The Kier molecular flexibility index (Phi) is 1.99. The largest absolute Gasteiger partial charge is 0.515 e. The molecule has 1 aromatic carbocycles. The number of aldehydes is 1. The van der Waals surface area contributed by atoms with Gasteiger partial charge in [0, 0.05) is 0 Å². The monoisotopic (exact) mass is 149 g/mol. The van der Waals surface area contributed by atoms with Gasteiger partial charge in [-0.25, -0.2) is 0 Å². The smallest absolute Gasteiger partial charge is 0.153 e. The lowest BCUT2D eigenvalue weighted by Gasteiger charge is -1.95. The second kappa shape index (κ2) is 3.56. The van der Waals surface area contributed by atoms with Gasteiger partial charge in [0.1, 0.15) is 1.37 Å². The van der Waals surface area contributed by atoms with Gasteiger partial charge in [0.2, 0.25) is 0 Å². The van der Waals surface area contributed by atoms with E-state index in [0.717, 1.165) is 0 Å². The summed E-state index contributed by atoms with van der Waals surface area (Å²) in [6.45, 7) is 0. The molecule has 0 saturated heterocycles. The third kappa shape index (κ3) is 1.67. The Morgan fingerprint density at radius 2 is 2.09 bits per heavy atom. The average Bonchev–Trinajstić information content (AvgIpc) is 2.07. The minimum atomic E-state index is -0.885. The van der Waals surface area contributed by atoms with Crippen LogP contribution in [0, 0.1) is 0 Å². The fourth-order valence-electron chi connectivity index (χ4n) is 0.778. The van der Waals surface area contributed by atoms with Crippen molar-refractivity contribution in [1.82, 2.24) is 0 Å². The minimum Gasteiger partial charge on any atom is -0.515 e. The van der Waals surface area contributed by atoms with E-state index in [1.807, 2.05) is 0 Å². The molecule has 1 aromatic rings. The van der Waals surface area contributed by atoms with Crippen molar-refractivity contribution < 1.29 is 11.3 Å². The maximum absolute atomic E-state index is 10.6. The van der Waals surface area contributed by atoms with Crippen molar-refractivity contribution in [3.05, 3.63) is 42.2 Å². The summed E-state index contributed by atoms with van der Waals surface area (Å²) in [4.78, 5) is 10.6. The van der Waals surface area contributed by atoms with Crippen LogP contribution in [0.15, 0.2) is 36.6 Å². The average molecular weight is 149 g/mol. The predicted octanol–water partition coefficient (Wildman–Crippen LogP) is 1.78. The Hall–Kier alpha value is -1.57. The zero-order chi connectivity index (χ0) is 8.97. The maximum Gasteiger partial charge on any atom is 0.153 e. The Labute approximate surface area is 66.2 Å². The van der Waals surface area contributed by atoms with E-state index in [1.165, 1.54) is 0 Å². The molecule has 0 heterocycles. The van der Waals surface area contributed by atoms with E-state index in [1.54, 1.807) is 30.3 Å². The Morgan fingerprint density at radius 3 is 2.55 bits per heavy atom. The van der Waals surface area contributed by atoms with E-state index < -0.39 is 6.26 Å². The number of benzene rings is 1. The Morgan fingerprint density at radius 1 is 1.45 bits per heavy atom. The molecule has 56 valence electrons. The zero-order valence-corrected chi connectivity index (χ0v) is 5.82. The van der Waals surface area contributed by atoms with Crippen molar-refractivity contribution in [1.29, 1.82) is 0 Å². The van der Waals surface area contributed by atoms with E-state index in [4.69, 9.17) is 6.48 Å². The van der Waals surface area contributed by atoms with Gasteiger partial charge in [-0.15, -0.1) is 0 Å². The third-order valence-corrected chi connectivity index (χ3v) is 1.32. The van der Waals surface area contributed by atoms with Crippen molar-refractivity contribution in [3.63, 3.8) is 0 Å². The fourth-order valence-corrected chi connectivity index (χ4v) is 0.778. The van der Waals surface area contributed by atoms with E-state index in [0.29, 0.717) is 11.8 Å². The van der Waals surface area contributed by atoms with Crippen LogP contribution >= 0.6 is 0 Å². The first kappa shape index (κ1) is 6.16. The highest BCUT2D eigenvalue weighted by molar-refractivity contribution is 6.06. The van der Waals surface area contributed by atoms with E-state index >= 15 is 0 Å². The van der Waals surface area contributed by atoms with Crippen molar-refractivity contribution in [2.75, 3.05) is 0 Å². The highest BCUT2D eigenvalue weighted by Crippen LogP contribution is 2.09. The summed E-state index contributed by atoms with van der Waals surface area (Å²) < 4.78 is 6.81. The molecule has 1 N–H and O–H groups in total. The first-order valence-electron chi connectivity index (χ1n) is 3.66. The molecular weight excluding hydrogens is 140 g/mol. The number of aliphatic hydroxyl groups is 1. The summed E-state index contributed by atoms with van der Waals surface area (Å²) in [6.07, 6.45) is -0.228. The summed E-state index contributed by atoms with van der Waals surface area (Å²) >= 11 is 0. The topological polar surface area (TPSA) is 37.3 Å². The number of carbonyl (C=O) groups is 1. The van der Waals surface area contributed by atoms with Gasteiger partial charge >= 0.3 is 0 Å². The molecule has 0 aromatic heterocycles. The molecular formula is C9H8O2. The molecule has 0 aliphatic carbocycles. The van der Waals surface area contributed by atoms with Crippen LogP contribution < -0.4 is 0 Å². The number of rotatable bonds is 2. The van der Waals surface area contributed by atoms with Crippen LogP contribution in [0.1, 0.15) is 6.93 Å². The predicted molar refractivity (Wildman–Crippen MR) is 43.1 cm³/mol. The highest BCUT2D eigenvalue weighted by Gasteiger charge is 1.96. The molecule has 0 bridgehead atoms. The van der Waals surface area contributed by atoms with Crippen LogP contribution in [0.4, 0.5) is 0 Å². The maximum atomic E-state index is 10.6. The van der Waals surface area contributed by atoms with Gasteiger partial charge < -0.3 is 5.11 Å². The van der Waals surface area contributed by atoms with Gasteiger partial charge in [-0.1, -0.05) is 30.3 Å². The summed E-state index contributed by atoms with van der Waals surface area (Å²) in [6, 6.07) is 8.60. The van der Waals surface area contributed by atoms with E-state index in [-0.39, 0.29) is 5.57 Å². The Balaban J connectivity index is 3.05. The summed E-state index contributed by atoms with van der Waals surface area (Å²) in [5.41, 5.74) is 0.565. The third-order valence-electron chi connectivity index (χ3n) is 1.32. The van der Waals surface area contributed by atoms with Gasteiger partial charge in [0.05, 0.1) is 11.8 Å². The van der Waals surface area contributed by atoms with Crippen LogP contribution in [0.25, 0.3) is 5.57 Å². The number of carbonyl (C=O) groups excluding carboxylic acids is 1. The lowest BCUT2D eigenvalue weighted by atomic mass is 10.1. The number of aliphatic hydroxyl groups excluding tert-OH is 1. The van der Waals surface area contributed by atoms with Crippen molar-refractivity contribution >= 4 is 11.8 Å². The molecule has 0 aliphatic heterocycles. The molecule has 11 heavy (non-hydrogen) atoms. The van der Waals surface area contributed by atoms with Gasteiger partial charge in [0.25, 0.3) is 0 Å². The molecule has 0 aliphatic rings. The van der Waals surface area contributed by atoms with Gasteiger partial charge in [-0.2, -0.15) is 0 Å². The van der Waals surface area contributed by atoms with Crippen molar-refractivity contribution in [2.24, 2.45) is 0 Å². The first-order chi connectivity index (χ1) is 5.75. The quantitative estimate of drug-likeness (QED) is 0.395.